The van der Waals surface area contributed by atoms with Crippen LogP contribution in [0.4, 0.5) is 5.69 Å². The summed E-state index contributed by atoms with van der Waals surface area (Å²) in [4.78, 5) is 12.1. The van der Waals surface area contributed by atoms with Crippen LogP contribution in [0.2, 0.25) is 10.0 Å². The second kappa shape index (κ2) is 6.60. The first kappa shape index (κ1) is 14.6. The summed E-state index contributed by atoms with van der Waals surface area (Å²) < 4.78 is 5.30. The molecule has 0 atom stereocenters. The van der Waals surface area contributed by atoms with E-state index < -0.39 is 0 Å². The van der Waals surface area contributed by atoms with Gasteiger partial charge >= 0.3 is 0 Å². The summed E-state index contributed by atoms with van der Waals surface area (Å²) in [6.07, 6.45) is 3.89. The summed E-state index contributed by atoms with van der Waals surface area (Å²) in [6.45, 7) is 0. The fraction of sp³-hybridized carbons (Fsp3) is 0.500. The number of methoxy groups -OCH3 is 1. The van der Waals surface area contributed by atoms with Crippen molar-refractivity contribution in [1.29, 1.82) is 0 Å². The van der Waals surface area contributed by atoms with Gasteiger partial charge in [-0.25, -0.2) is 0 Å². The summed E-state index contributed by atoms with van der Waals surface area (Å²) in [5, 5.41) is 3.92. The summed E-state index contributed by atoms with van der Waals surface area (Å²) in [6, 6.07) is 5.04. The Balaban J connectivity index is 1.94. The second-order valence-corrected chi connectivity index (χ2v) is 5.73. The molecule has 0 aromatic heterocycles. The highest BCUT2D eigenvalue weighted by atomic mass is 35.5. The molecule has 1 fully saturated rings. The van der Waals surface area contributed by atoms with Crippen molar-refractivity contribution in [3.05, 3.63) is 28.2 Å². The van der Waals surface area contributed by atoms with Crippen LogP contribution in [-0.2, 0) is 9.53 Å². The molecule has 1 aromatic rings. The molecule has 1 aliphatic rings. The minimum atomic E-state index is 0.0351. The zero-order valence-corrected chi connectivity index (χ0v) is 12.3. The van der Waals surface area contributed by atoms with Gasteiger partial charge in [0.25, 0.3) is 0 Å². The Hall–Kier alpha value is -0.770. The van der Waals surface area contributed by atoms with Crippen LogP contribution in [0.5, 0.6) is 0 Å². The third kappa shape index (κ3) is 4.10. The van der Waals surface area contributed by atoms with E-state index in [1.54, 1.807) is 25.3 Å². The lowest BCUT2D eigenvalue weighted by molar-refractivity contribution is -0.121. The molecule has 5 heteroatoms. The quantitative estimate of drug-likeness (QED) is 0.911. The van der Waals surface area contributed by atoms with Crippen molar-refractivity contribution in [2.45, 2.75) is 31.8 Å². The van der Waals surface area contributed by atoms with Crippen molar-refractivity contribution >= 4 is 34.8 Å². The summed E-state index contributed by atoms with van der Waals surface area (Å²) in [5.41, 5.74) is 0.649. The normalized spacial score (nSPS) is 23.1. The van der Waals surface area contributed by atoms with E-state index in [1.165, 1.54) is 0 Å². The number of halogens is 2. The van der Waals surface area contributed by atoms with E-state index in [9.17, 15) is 4.79 Å². The number of carbonyl (C=O) groups excluding carboxylic acids is 1. The van der Waals surface area contributed by atoms with Gasteiger partial charge in [0.1, 0.15) is 0 Å². The molecule has 0 aliphatic heterocycles. The number of hydrogen-bond acceptors (Lipinski definition) is 2. The summed E-state index contributed by atoms with van der Waals surface area (Å²) in [7, 11) is 1.72. The number of carbonyl (C=O) groups is 1. The van der Waals surface area contributed by atoms with Crippen LogP contribution < -0.4 is 5.32 Å². The Kier molecular flexibility index (Phi) is 5.08. The Labute approximate surface area is 123 Å². The molecule has 1 N–H and O–H groups in total. The molecule has 1 aliphatic carbocycles. The van der Waals surface area contributed by atoms with Gasteiger partial charge in [0.2, 0.25) is 5.91 Å². The van der Waals surface area contributed by atoms with E-state index >= 15 is 0 Å². The van der Waals surface area contributed by atoms with E-state index in [1.807, 2.05) is 0 Å². The number of nitrogens with one attached hydrogen (secondary N) is 1. The van der Waals surface area contributed by atoms with Crippen molar-refractivity contribution in [2.24, 2.45) is 5.92 Å². The highest BCUT2D eigenvalue weighted by Crippen LogP contribution is 2.28. The zero-order valence-electron chi connectivity index (χ0n) is 10.8. The van der Waals surface area contributed by atoms with Crippen LogP contribution in [0.15, 0.2) is 18.2 Å². The predicted octanol–water partition coefficient (Wildman–Crippen LogP) is 4.14. The Morgan fingerprint density at radius 3 is 2.26 bits per heavy atom. The molecular formula is C14H17Cl2NO2. The smallest absolute Gasteiger partial charge is 0.227 e. The van der Waals surface area contributed by atoms with Gasteiger partial charge in [-0.2, -0.15) is 0 Å². The van der Waals surface area contributed by atoms with Crippen molar-refractivity contribution in [3.63, 3.8) is 0 Å². The molecule has 0 saturated heterocycles. The van der Waals surface area contributed by atoms with E-state index in [2.05, 4.69) is 5.32 Å². The topological polar surface area (TPSA) is 38.3 Å². The van der Waals surface area contributed by atoms with Crippen molar-refractivity contribution in [3.8, 4) is 0 Å². The molecule has 0 bridgehead atoms. The van der Waals surface area contributed by atoms with Crippen LogP contribution in [0.1, 0.15) is 25.7 Å². The van der Waals surface area contributed by atoms with Gasteiger partial charge in [-0.15, -0.1) is 0 Å². The maximum atomic E-state index is 12.1. The summed E-state index contributed by atoms with van der Waals surface area (Å²) >= 11 is 11.8. The number of benzene rings is 1. The molecule has 1 aromatic carbocycles. The molecule has 19 heavy (non-hydrogen) atoms. The van der Waals surface area contributed by atoms with Crippen LogP contribution in [0.25, 0.3) is 0 Å². The van der Waals surface area contributed by atoms with Crippen LogP contribution in [0.3, 0.4) is 0 Å². The Bertz CT molecular complexity index is 437. The van der Waals surface area contributed by atoms with E-state index in [-0.39, 0.29) is 11.8 Å². The third-order valence-corrected chi connectivity index (χ3v) is 3.94. The van der Waals surface area contributed by atoms with Gasteiger partial charge < -0.3 is 10.1 Å². The van der Waals surface area contributed by atoms with Gasteiger partial charge in [-0.05, 0) is 43.9 Å². The highest BCUT2D eigenvalue weighted by Gasteiger charge is 2.26. The first-order valence-corrected chi connectivity index (χ1v) is 7.14. The number of hydrogen-bond donors (Lipinski definition) is 1. The lowest BCUT2D eigenvalue weighted by Gasteiger charge is -2.26. The average molecular weight is 302 g/mol. The maximum Gasteiger partial charge on any atom is 0.227 e. The van der Waals surface area contributed by atoms with Crippen LogP contribution >= 0.6 is 23.2 Å². The predicted molar refractivity (Wildman–Crippen MR) is 77.8 cm³/mol. The zero-order chi connectivity index (χ0) is 13.8. The largest absolute Gasteiger partial charge is 0.381 e. The Morgan fingerprint density at radius 2 is 1.74 bits per heavy atom. The second-order valence-electron chi connectivity index (χ2n) is 4.86. The molecule has 0 unspecified atom stereocenters. The molecule has 104 valence electrons. The molecule has 3 nitrogen and oxygen atoms in total. The van der Waals surface area contributed by atoms with E-state index in [0.717, 1.165) is 25.7 Å². The van der Waals surface area contributed by atoms with Crippen LogP contribution in [-0.4, -0.2) is 19.1 Å². The monoisotopic (exact) mass is 301 g/mol. The first-order valence-electron chi connectivity index (χ1n) is 6.38. The molecule has 1 amide bonds. The van der Waals surface area contributed by atoms with E-state index in [4.69, 9.17) is 27.9 Å². The van der Waals surface area contributed by atoms with Crippen molar-refractivity contribution < 1.29 is 9.53 Å². The fourth-order valence-corrected chi connectivity index (χ4v) is 2.96. The fourth-order valence-electron chi connectivity index (χ4n) is 2.43. The lowest BCUT2D eigenvalue weighted by atomic mass is 9.87. The molecule has 1 saturated carbocycles. The van der Waals surface area contributed by atoms with Crippen molar-refractivity contribution in [2.75, 3.05) is 12.4 Å². The molecule has 0 heterocycles. The number of anilines is 1. The highest BCUT2D eigenvalue weighted by molar-refractivity contribution is 6.35. The Morgan fingerprint density at radius 1 is 1.16 bits per heavy atom. The summed E-state index contributed by atoms with van der Waals surface area (Å²) in [5.74, 6) is 0.0806. The van der Waals surface area contributed by atoms with E-state index in [0.29, 0.717) is 21.8 Å². The third-order valence-electron chi connectivity index (χ3n) is 3.51. The number of ether oxygens (including phenoxy) is 1. The van der Waals surface area contributed by atoms with Gasteiger partial charge in [0, 0.05) is 28.8 Å². The van der Waals surface area contributed by atoms with Gasteiger partial charge in [0.15, 0.2) is 0 Å². The minimum Gasteiger partial charge on any atom is -0.381 e. The number of rotatable bonds is 3. The van der Waals surface area contributed by atoms with Crippen molar-refractivity contribution in [1.82, 2.24) is 0 Å². The lowest BCUT2D eigenvalue weighted by Crippen LogP contribution is -2.29. The molecule has 2 rings (SSSR count). The first-order chi connectivity index (χ1) is 9.08. The molecular weight excluding hydrogens is 285 g/mol. The van der Waals surface area contributed by atoms with Gasteiger partial charge in [-0.1, -0.05) is 23.2 Å². The molecule has 0 spiro atoms. The van der Waals surface area contributed by atoms with Gasteiger partial charge in [0.05, 0.1) is 6.10 Å². The maximum absolute atomic E-state index is 12.1. The van der Waals surface area contributed by atoms with Crippen LogP contribution in [0, 0.1) is 5.92 Å². The molecule has 0 radical (unpaired) electrons. The standard InChI is InChI=1S/C14H17Cl2NO2/c1-19-13-4-2-9(3-5-13)14(18)17-12-7-10(15)6-11(16)8-12/h6-9,13H,2-5H2,1H3,(H,17,18). The average Bonchev–Trinajstić information content (AvgIpc) is 2.37. The van der Waals surface area contributed by atoms with Gasteiger partial charge in [-0.3, -0.25) is 4.79 Å². The minimum absolute atomic E-state index is 0.0351. The SMILES string of the molecule is COC1CCC(C(=O)Nc2cc(Cl)cc(Cl)c2)CC1. The number of amides is 1.